The average Bonchev–Trinajstić information content (AvgIpc) is 2.20. The third kappa shape index (κ3) is 4.21. The highest BCUT2D eigenvalue weighted by Gasteiger charge is 2.09. The molecule has 0 aliphatic heterocycles. The summed E-state index contributed by atoms with van der Waals surface area (Å²) >= 11 is 6.13. The van der Waals surface area contributed by atoms with Crippen molar-refractivity contribution in [1.82, 2.24) is 0 Å². The Labute approximate surface area is 96.5 Å². The standard InChI is InChI=1S/C13H18ClF/c1-10(2)12(14)8-5-7-11-6-3-4-9-13(11)15/h3-4,6,9-10,12H,5,7-8H2,1-2H3. The molecule has 2 heteroatoms. The van der Waals surface area contributed by atoms with E-state index < -0.39 is 0 Å². The monoisotopic (exact) mass is 228 g/mol. The molecule has 1 rings (SSSR count). The van der Waals surface area contributed by atoms with Gasteiger partial charge < -0.3 is 0 Å². The second-order valence-corrected chi connectivity index (χ2v) is 4.80. The number of hydrogen-bond acceptors (Lipinski definition) is 0. The van der Waals surface area contributed by atoms with Gasteiger partial charge in [-0.2, -0.15) is 0 Å². The van der Waals surface area contributed by atoms with Crippen LogP contribution in [0.2, 0.25) is 0 Å². The van der Waals surface area contributed by atoms with Crippen molar-refractivity contribution >= 4 is 11.6 Å². The van der Waals surface area contributed by atoms with Crippen LogP contribution in [0, 0.1) is 11.7 Å². The summed E-state index contributed by atoms with van der Waals surface area (Å²) in [7, 11) is 0. The van der Waals surface area contributed by atoms with Gasteiger partial charge in [0.15, 0.2) is 0 Å². The van der Waals surface area contributed by atoms with Crippen molar-refractivity contribution in [3.63, 3.8) is 0 Å². The zero-order valence-electron chi connectivity index (χ0n) is 9.34. The van der Waals surface area contributed by atoms with Crippen LogP contribution in [0.1, 0.15) is 32.3 Å². The lowest BCUT2D eigenvalue weighted by Gasteiger charge is -2.12. The molecule has 0 aliphatic carbocycles. The quantitative estimate of drug-likeness (QED) is 0.655. The van der Waals surface area contributed by atoms with Gasteiger partial charge in [0.25, 0.3) is 0 Å². The van der Waals surface area contributed by atoms with Gasteiger partial charge in [0.05, 0.1) is 0 Å². The summed E-state index contributed by atoms with van der Waals surface area (Å²) in [6, 6.07) is 6.94. The molecule has 0 amide bonds. The van der Waals surface area contributed by atoms with Gasteiger partial charge in [0.1, 0.15) is 5.82 Å². The Morgan fingerprint density at radius 1 is 1.27 bits per heavy atom. The van der Waals surface area contributed by atoms with Crippen LogP contribution in [0.5, 0.6) is 0 Å². The van der Waals surface area contributed by atoms with E-state index in [9.17, 15) is 4.39 Å². The Bertz CT molecular complexity index is 296. The number of halogens is 2. The summed E-state index contributed by atoms with van der Waals surface area (Å²) in [5.41, 5.74) is 0.796. The van der Waals surface area contributed by atoms with Crippen molar-refractivity contribution in [2.45, 2.75) is 38.5 Å². The molecule has 0 saturated heterocycles. The maximum Gasteiger partial charge on any atom is 0.126 e. The van der Waals surface area contributed by atoms with Gasteiger partial charge in [-0.1, -0.05) is 32.0 Å². The molecular weight excluding hydrogens is 211 g/mol. The first-order chi connectivity index (χ1) is 7.11. The van der Waals surface area contributed by atoms with Crippen LogP contribution >= 0.6 is 11.6 Å². The molecule has 0 bridgehead atoms. The van der Waals surface area contributed by atoms with Crippen LogP contribution in [-0.4, -0.2) is 5.38 Å². The highest BCUT2D eigenvalue weighted by Crippen LogP contribution is 2.18. The summed E-state index contributed by atoms with van der Waals surface area (Å²) in [6.07, 6.45) is 2.68. The Morgan fingerprint density at radius 3 is 2.53 bits per heavy atom. The molecule has 0 heterocycles. The SMILES string of the molecule is CC(C)C(Cl)CCCc1ccccc1F. The fourth-order valence-electron chi connectivity index (χ4n) is 1.52. The van der Waals surface area contributed by atoms with Gasteiger partial charge in [-0.15, -0.1) is 11.6 Å². The molecular formula is C13H18ClF. The van der Waals surface area contributed by atoms with E-state index in [1.807, 2.05) is 12.1 Å². The van der Waals surface area contributed by atoms with Gasteiger partial charge in [-0.25, -0.2) is 4.39 Å². The maximum atomic E-state index is 13.2. The minimum Gasteiger partial charge on any atom is -0.207 e. The molecule has 0 saturated carbocycles. The lowest BCUT2D eigenvalue weighted by Crippen LogP contribution is -2.07. The van der Waals surface area contributed by atoms with Crippen molar-refractivity contribution in [2.24, 2.45) is 5.92 Å². The van der Waals surface area contributed by atoms with E-state index in [2.05, 4.69) is 13.8 Å². The first-order valence-electron chi connectivity index (χ1n) is 5.48. The molecule has 1 aromatic rings. The number of rotatable bonds is 5. The second-order valence-electron chi connectivity index (χ2n) is 4.24. The molecule has 1 aromatic carbocycles. The number of benzene rings is 1. The summed E-state index contributed by atoms with van der Waals surface area (Å²) in [5, 5.41) is 0.205. The van der Waals surface area contributed by atoms with Gasteiger partial charge in [0, 0.05) is 5.38 Å². The molecule has 84 valence electrons. The average molecular weight is 229 g/mol. The third-order valence-electron chi connectivity index (χ3n) is 2.61. The largest absolute Gasteiger partial charge is 0.207 e. The van der Waals surface area contributed by atoms with E-state index in [-0.39, 0.29) is 11.2 Å². The molecule has 0 N–H and O–H groups in total. The summed E-state index contributed by atoms with van der Waals surface area (Å²) < 4.78 is 13.2. The van der Waals surface area contributed by atoms with E-state index in [1.54, 1.807) is 6.07 Å². The van der Waals surface area contributed by atoms with Crippen LogP contribution in [0.3, 0.4) is 0 Å². The van der Waals surface area contributed by atoms with Crippen molar-refractivity contribution < 1.29 is 4.39 Å². The molecule has 1 unspecified atom stereocenters. The second kappa shape index (κ2) is 6.12. The molecule has 0 aromatic heterocycles. The van der Waals surface area contributed by atoms with Crippen LogP contribution in [0.25, 0.3) is 0 Å². The summed E-state index contributed by atoms with van der Waals surface area (Å²) in [5.74, 6) is 0.389. The lowest BCUT2D eigenvalue weighted by atomic mass is 10.0. The van der Waals surface area contributed by atoms with Crippen molar-refractivity contribution in [2.75, 3.05) is 0 Å². The van der Waals surface area contributed by atoms with E-state index in [1.165, 1.54) is 6.07 Å². The normalized spacial score (nSPS) is 13.1. The fraction of sp³-hybridized carbons (Fsp3) is 0.538. The van der Waals surface area contributed by atoms with Gasteiger partial charge in [0.2, 0.25) is 0 Å². The van der Waals surface area contributed by atoms with E-state index in [0.29, 0.717) is 5.92 Å². The Balaban J connectivity index is 2.35. The van der Waals surface area contributed by atoms with E-state index in [0.717, 1.165) is 24.8 Å². The third-order valence-corrected chi connectivity index (χ3v) is 3.33. The highest BCUT2D eigenvalue weighted by atomic mass is 35.5. The highest BCUT2D eigenvalue weighted by molar-refractivity contribution is 6.20. The molecule has 0 radical (unpaired) electrons. The Kier molecular flexibility index (Phi) is 5.10. The number of aryl methyl sites for hydroxylation is 1. The van der Waals surface area contributed by atoms with Crippen LogP contribution in [0.4, 0.5) is 4.39 Å². The number of hydrogen-bond donors (Lipinski definition) is 0. The van der Waals surface area contributed by atoms with Crippen LogP contribution in [-0.2, 0) is 6.42 Å². The molecule has 0 fully saturated rings. The fourth-order valence-corrected chi connectivity index (χ4v) is 1.68. The number of alkyl halides is 1. The van der Waals surface area contributed by atoms with E-state index >= 15 is 0 Å². The lowest BCUT2D eigenvalue weighted by molar-refractivity contribution is 0.539. The topological polar surface area (TPSA) is 0 Å². The zero-order valence-corrected chi connectivity index (χ0v) is 10.1. The summed E-state index contributed by atoms with van der Waals surface area (Å²) in [6.45, 7) is 4.22. The van der Waals surface area contributed by atoms with Crippen LogP contribution in [0.15, 0.2) is 24.3 Å². The molecule has 15 heavy (non-hydrogen) atoms. The maximum absolute atomic E-state index is 13.2. The van der Waals surface area contributed by atoms with Crippen molar-refractivity contribution in [3.05, 3.63) is 35.6 Å². The van der Waals surface area contributed by atoms with E-state index in [4.69, 9.17) is 11.6 Å². The first-order valence-corrected chi connectivity index (χ1v) is 5.92. The Hall–Kier alpha value is -0.560. The smallest absolute Gasteiger partial charge is 0.126 e. The summed E-state index contributed by atoms with van der Waals surface area (Å²) in [4.78, 5) is 0. The molecule has 0 spiro atoms. The zero-order chi connectivity index (χ0) is 11.3. The molecule has 1 atom stereocenters. The van der Waals surface area contributed by atoms with Crippen molar-refractivity contribution in [1.29, 1.82) is 0 Å². The van der Waals surface area contributed by atoms with Gasteiger partial charge in [-0.05, 0) is 36.8 Å². The van der Waals surface area contributed by atoms with Gasteiger partial charge >= 0.3 is 0 Å². The van der Waals surface area contributed by atoms with Crippen molar-refractivity contribution in [3.8, 4) is 0 Å². The first kappa shape index (κ1) is 12.5. The molecule has 0 nitrogen and oxygen atoms in total. The predicted molar refractivity (Wildman–Crippen MR) is 63.8 cm³/mol. The minimum absolute atomic E-state index is 0.104. The van der Waals surface area contributed by atoms with Gasteiger partial charge in [-0.3, -0.25) is 0 Å². The molecule has 0 aliphatic rings. The Morgan fingerprint density at radius 2 is 1.93 bits per heavy atom. The minimum atomic E-state index is -0.104. The van der Waals surface area contributed by atoms with Crippen LogP contribution < -0.4 is 0 Å². The predicted octanol–water partition coefficient (Wildman–Crippen LogP) is 4.41.